The van der Waals surface area contributed by atoms with Gasteiger partial charge in [-0.1, -0.05) is 0 Å². The van der Waals surface area contributed by atoms with Gasteiger partial charge in [0, 0.05) is 24.2 Å². The Morgan fingerprint density at radius 3 is 2.10 bits per heavy atom. The van der Waals surface area contributed by atoms with Crippen molar-refractivity contribution in [2.75, 3.05) is 21.3 Å². The van der Waals surface area contributed by atoms with Gasteiger partial charge in [-0.25, -0.2) is 4.39 Å². The number of methoxy groups -OCH3 is 2. The zero-order valence-electron chi connectivity index (χ0n) is 18.1. The summed E-state index contributed by atoms with van der Waals surface area (Å²) >= 11 is 0. The molecule has 1 aliphatic rings. The minimum Gasteiger partial charge on any atom is -0.493 e. The predicted octanol–water partition coefficient (Wildman–Crippen LogP) is 5.26. The Bertz CT molecular complexity index is 1100. The molecule has 31 heavy (non-hydrogen) atoms. The lowest BCUT2D eigenvalue weighted by Crippen LogP contribution is -2.25. The van der Waals surface area contributed by atoms with Gasteiger partial charge in [-0.3, -0.25) is 5.01 Å². The van der Waals surface area contributed by atoms with Crippen molar-refractivity contribution in [1.82, 2.24) is 5.01 Å². The number of hydrogen-bond donors (Lipinski definition) is 0. The molecule has 0 radical (unpaired) electrons. The van der Waals surface area contributed by atoms with E-state index in [9.17, 15) is 4.39 Å². The maximum absolute atomic E-state index is 13.1. The van der Waals surface area contributed by atoms with Crippen molar-refractivity contribution in [3.63, 3.8) is 0 Å². The van der Waals surface area contributed by atoms with Crippen molar-refractivity contribution < 1.29 is 18.6 Å². The molecule has 160 valence electrons. The van der Waals surface area contributed by atoms with E-state index < -0.39 is 0 Å². The van der Waals surface area contributed by atoms with Gasteiger partial charge in [-0.15, -0.1) is 0 Å². The normalized spacial score (nSPS) is 15.6. The first-order valence-corrected chi connectivity index (χ1v) is 10.1. The van der Waals surface area contributed by atoms with Crippen molar-refractivity contribution in [1.29, 1.82) is 0 Å². The second-order valence-electron chi connectivity index (χ2n) is 7.52. The lowest BCUT2D eigenvalue weighted by Gasteiger charge is -2.20. The van der Waals surface area contributed by atoms with Crippen LogP contribution in [0.3, 0.4) is 0 Å². The van der Waals surface area contributed by atoms with Crippen LogP contribution in [0.1, 0.15) is 23.6 Å². The van der Waals surface area contributed by atoms with Crippen LogP contribution in [-0.4, -0.2) is 38.0 Å². The van der Waals surface area contributed by atoms with Crippen molar-refractivity contribution in [2.24, 2.45) is 5.10 Å². The van der Waals surface area contributed by atoms with Crippen LogP contribution in [0.25, 0.3) is 0 Å². The lowest BCUT2D eigenvalue weighted by molar-refractivity contribution is 0.272. The van der Waals surface area contributed by atoms with Crippen molar-refractivity contribution in [2.45, 2.75) is 19.4 Å². The van der Waals surface area contributed by atoms with E-state index in [2.05, 4.69) is 6.92 Å². The number of benzene rings is 3. The quantitative estimate of drug-likeness (QED) is 0.564. The van der Waals surface area contributed by atoms with Crippen LogP contribution in [0.2, 0.25) is 0 Å². The topological polar surface area (TPSA) is 43.3 Å². The first kappa shape index (κ1) is 20.7. The second-order valence-corrected chi connectivity index (χ2v) is 7.52. The molecular weight excluding hydrogens is 395 g/mol. The Kier molecular flexibility index (Phi) is 5.80. The number of rotatable bonds is 5. The van der Waals surface area contributed by atoms with Crippen molar-refractivity contribution in [3.8, 4) is 23.0 Å². The summed E-state index contributed by atoms with van der Waals surface area (Å²) in [6, 6.07) is 17.9. The van der Waals surface area contributed by atoms with Crippen molar-refractivity contribution >= 4 is 5.71 Å². The number of hydrazone groups is 1. The fourth-order valence-corrected chi connectivity index (χ4v) is 3.60. The molecule has 0 aromatic heterocycles. The summed E-state index contributed by atoms with van der Waals surface area (Å²) in [5.74, 6) is 2.33. The number of halogens is 1. The molecule has 3 aromatic carbocycles. The molecule has 5 nitrogen and oxygen atoms in total. The minimum atomic E-state index is -0.293. The zero-order chi connectivity index (χ0) is 22.0. The van der Waals surface area contributed by atoms with Gasteiger partial charge in [0.1, 0.15) is 17.3 Å². The Balaban J connectivity index is 1.71. The first-order valence-electron chi connectivity index (χ1n) is 10.1. The lowest BCUT2D eigenvalue weighted by atomic mass is 9.94. The van der Waals surface area contributed by atoms with Crippen LogP contribution in [0.4, 0.5) is 4.39 Å². The zero-order valence-corrected chi connectivity index (χ0v) is 18.1. The molecular formula is C25H25FN2O3. The third kappa shape index (κ3) is 4.33. The van der Waals surface area contributed by atoms with Gasteiger partial charge in [0.05, 0.1) is 19.9 Å². The Labute approximate surface area is 181 Å². The van der Waals surface area contributed by atoms with E-state index in [0.717, 1.165) is 28.8 Å². The fourth-order valence-electron chi connectivity index (χ4n) is 3.60. The SMILES string of the molecule is COc1cc2c(cc1OC)C(c1ccc(Oc3ccc(F)cc3)cc1)=NN(C)C(C)C2. The summed E-state index contributed by atoms with van der Waals surface area (Å²) in [7, 11) is 5.26. The molecule has 0 bridgehead atoms. The van der Waals surface area contributed by atoms with Crippen LogP contribution in [-0.2, 0) is 6.42 Å². The van der Waals surface area contributed by atoms with Gasteiger partial charge in [-0.05, 0) is 79.6 Å². The van der Waals surface area contributed by atoms with E-state index >= 15 is 0 Å². The fraction of sp³-hybridized carbons (Fsp3) is 0.240. The van der Waals surface area contributed by atoms with Gasteiger partial charge >= 0.3 is 0 Å². The Morgan fingerprint density at radius 2 is 1.48 bits per heavy atom. The molecule has 0 saturated carbocycles. The van der Waals surface area contributed by atoms with E-state index in [0.29, 0.717) is 23.0 Å². The summed E-state index contributed by atoms with van der Waals surface area (Å²) in [5, 5.41) is 6.88. The molecule has 0 fully saturated rings. The van der Waals surface area contributed by atoms with Gasteiger partial charge in [0.25, 0.3) is 0 Å². The number of likely N-dealkylation sites (N-methyl/N-ethyl adjacent to an activating group) is 1. The molecule has 1 atom stereocenters. The molecule has 0 aliphatic carbocycles. The monoisotopic (exact) mass is 420 g/mol. The Hall–Kier alpha value is -3.54. The highest BCUT2D eigenvalue weighted by molar-refractivity contribution is 6.14. The number of fused-ring (bicyclic) bond motifs is 1. The molecule has 4 rings (SSSR count). The summed E-state index contributed by atoms with van der Waals surface area (Å²) in [6.45, 7) is 2.15. The van der Waals surface area contributed by atoms with Gasteiger partial charge in [0.2, 0.25) is 0 Å². The molecule has 0 spiro atoms. The maximum atomic E-state index is 13.1. The maximum Gasteiger partial charge on any atom is 0.161 e. The van der Waals surface area contributed by atoms with Crippen LogP contribution >= 0.6 is 0 Å². The highest BCUT2D eigenvalue weighted by atomic mass is 19.1. The summed E-state index contributed by atoms with van der Waals surface area (Å²) in [5.41, 5.74) is 3.98. The predicted molar refractivity (Wildman–Crippen MR) is 119 cm³/mol. The molecule has 1 unspecified atom stereocenters. The van der Waals surface area contributed by atoms with Gasteiger partial charge < -0.3 is 14.2 Å². The highest BCUT2D eigenvalue weighted by Gasteiger charge is 2.23. The van der Waals surface area contributed by atoms with E-state index in [1.165, 1.54) is 12.1 Å². The minimum absolute atomic E-state index is 0.232. The summed E-state index contributed by atoms with van der Waals surface area (Å²) < 4.78 is 30.0. The number of nitrogens with zero attached hydrogens (tertiary/aromatic N) is 2. The van der Waals surface area contributed by atoms with E-state index in [1.54, 1.807) is 26.4 Å². The third-order valence-electron chi connectivity index (χ3n) is 5.45. The third-order valence-corrected chi connectivity index (χ3v) is 5.45. The van der Waals surface area contributed by atoms with Crippen LogP contribution in [0, 0.1) is 5.82 Å². The van der Waals surface area contributed by atoms with E-state index in [4.69, 9.17) is 19.3 Å². The highest BCUT2D eigenvalue weighted by Crippen LogP contribution is 2.34. The number of ether oxygens (including phenoxy) is 3. The molecule has 3 aromatic rings. The molecule has 0 amide bonds. The molecule has 1 aliphatic heterocycles. The van der Waals surface area contributed by atoms with Crippen LogP contribution in [0.15, 0.2) is 65.8 Å². The second kappa shape index (κ2) is 8.68. The Morgan fingerprint density at radius 1 is 0.903 bits per heavy atom. The van der Waals surface area contributed by atoms with Crippen LogP contribution < -0.4 is 14.2 Å². The summed E-state index contributed by atoms with van der Waals surface area (Å²) in [4.78, 5) is 0. The molecule has 0 N–H and O–H groups in total. The molecule has 6 heteroatoms. The molecule has 0 saturated heterocycles. The smallest absolute Gasteiger partial charge is 0.161 e. The van der Waals surface area contributed by atoms with Gasteiger partial charge in [-0.2, -0.15) is 5.10 Å². The van der Waals surface area contributed by atoms with E-state index in [1.807, 2.05) is 48.5 Å². The first-order chi connectivity index (χ1) is 15.0. The van der Waals surface area contributed by atoms with Crippen molar-refractivity contribution in [3.05, 3.63) is 83.2 Å². The average molecular weight is 420 g/mol. The van der Waals surface area contributed by atoms with E-state index in [-0.39, 0.29) is 11.9 Å². The van der Waals surface area contributed by atoms with Gasteiger partial charge in [0.15, 0.2) is 11.5 Å². The molecule has 1 heterocycles. The summed E-state index contributed by atoms with van der Waals surface area (Å²) in [6.07, 6.45) is 0.838. The average Bonchev–Trinajstić information content (AvgIpc) is 2.90. The number of hydrogen-bond acceptors (Lipinski definition) is 5. The standard InChI is InChI=1S/C25H25FN2O3/c1-16-13-18-14-23(29-3)24(30-4)15-22(18)25(27-28(16)2)17-5-9-20(10-6-17)31-21-11-7-19(26)8-12-21/h5-12,14-16H,13H2,1-4H3. The van der Waals surface area contributed by atoms with Crippen LogP contribution in [0.5, 0.6) is 23.0 Å². The largest absolute Gasteiger partial charge is 0.493 e.